The topological polar surface area (TPSA) is 138 Å². The molecule has 1 unspecified atom stereocenters. The van der Waals surface area contributed by atoms with E-state index in [9.17, 15) is 18.4 Å². The number of nitrogens with zero attached hydrogens (tertiary/aromatic N) is 5. The third kappa shape index (κ3) is 13.6. The molecular formula is C41H48F3N5O7S. The number of aromatic nitrogens is 3. The van der Waals surface area contributed by atoms with E-state index >= 15 is 4.39 Å². The average Bonchev–Trinajstić information content (AvgIpc) is 3.71. The number of nitriles is 1. The van der Waals surface area contributed by atoms with Gasteiger partial charge < -0.3 is 28.6 Å². The highest BCUT2D eigenvalue weighted by atomic mass is 32.2. The van der Waals surface area contributed by atoms with E-state index in [-0.39, 0.29) is 55.6 Å². The molecule has 2 heterocycles. The van der Waals surface area contributed by atoms with E-state index < -0.39 is 52.8 Å². The summed E-state index contributed by atoms with van der Waals surface area (Å²) >= 11 is 1.34. The third-order valence-electron chi connectivity index (χ3n) is 9.19. The van der Waals surface area contributed by atoms with Crippen LogP contribution in [0.5, 0.6) is 0 Å². The van der Waals surface area contributed by atoms with Crippen LogP contribution in [0.3, 0.4) is 0 Å². The van der Waals surface area contributed by atoms with Gasteiger partial charge in [0, 0.05) is 35.4 Å². The van der Waals surface area contributed by atoms with E-state index in [2.05, 4.69) is 21.6 Å². The molecule has 57 heavy (non-hydrogen) atoms. The molecule has 0 aliphatic carbocycles. The van der Waals surface area contributed by atoms with Crippen LogP contribution in [0, 0.1) is 28.8 Å². The fraction of sp³-hybridized carbons (Fsp3) is 0.439. The van der Waals surface area contributed by atoms with Crippen molar-refractivity contribution in [2.24, 2.45) is 0 Å². The molecule has 1 aromatic heterocycles. The van der Waals surface area contributed by atoms with Crippen LogP contribution in [0.25, 0.3) is 6.08 Å². The van der Waals surface area contributed by atoms with Crippen molar-refractivity contribution in [1.82, 2.24) is 19.7 Å². The zero-order valence-corrected chi connectivity index (χ0v) is 33.0. The summed E-state index contributed by atoms with van der Waals surface area (Å²) < 4.78 is 74.5. The number of halogens is 3. The SMILES string of the molecule is C=CCOC(=O)OC(CCC(=O)O[C@@](Cn1cncn1)(c1ccc(F)cc1F)[C@@H](C)SC1COC(/C=C/C=C/c2ccc(C#N)cc2F)OC1)CCN(CC)CC. The molecule has 0 saturated carbocycles. The number of carbonyl (C=O) groups is 2. The molecule has 12 nitrogen and oxygen atoms in total. The quantitative estimate of drug-likeness (QED) is 0.0604. The molecule has 2 aromatic carbocycles. The van der Waals surface area contributed by atoms with Crippen LogP contribution in [0.1, 0.15) is 56.7 Å². The van der Waals surface area contributed by atoms with Crippen molar-refractivity contribution in [3.8, 4) is 6.07 Å². The number of hydrogen-bond donors (Lipinski definition) is 0. The fourth-order valence-electron chi connectivity index (χ4n) is 6.08. The molecule has 4 rings (SSSR count). The maximum absolute atomic E-state index is 15.9. The first kappa shape index (κ1) is 44.8. The molecule has 0 bridgehead atoms. The maximum atomic E-state index is 15.9. The number of benzene rings is 2. The predicted molar refractivity (Wildman–Crippen MR) is 208 cm³/mol. The van der Waals surface area contributed by atoms with Gasteiger partial charge in [-0.15, -0.1) is 11.8 Å². The molecule has 306 valence electrons. The summed E-state index contributed by atoms with van der Waals surface area (Å²) in [6.45, 7) is 11.7. The Morgan fingerprint density at radius 2 is 1.89 bits per heavy atom. The number of thioether (sulfide) groups is 1. The van der Waals surface area contributed by atoms with Crippen molar-refractivity contribution in [1.29, 1.82) is 5.26 Å². The van der Waals surface area contributed by atoms with E-state index in [0.717, 1.165) is 31.3 Å². The summed E-state index contributed by atoms with van der Waals surface area (Å²) in [6.07, 6.45) is 8.62. The van der Waals surface area contributed by atoms with Crippen molar-refractivity contribution < 1.29 is 46.4 Å². The van der Waals surface area contributed by atoms with Crippen molar-refractivity contribution in [3.63, 3.8) is 0 Å². The van der Waals surface area contributed by atoms with Crippen LogP contribution in [0.4, 0.5) is 18.0 Å². The van der Waals surface area contributed by atoms with Crippen LogP contribution in [0.15, 0.2) is 79.9 Å². The first-order chi connectivity index (χ1) is 27.5. The normalized spacial score (nSPS) is 17.9. The Balaban J connectivity index is 1.51. The summed E-state index contributed by atoms with van der Waals surface area (Å²) in [5.74, 6) is -2.96. The number of rotatable bonds is 21. The van der Waals surface area contributed by atoms with Gasteiger partial charge in [-0.25, -0.2) is 27.6 Å². The van der Waals surface area contributed by atoms with Gasteiger partial charge in [-0.1, -0.05) is 50.8 Å². The van der Waals surface area contributed by atoms with Gasteiger partial charge in [-0.2, -0.15) is 10.4 Å². The van der Waals surface area contributed by atoms with E-state index in [1.54, 1.807) is 31.2 Å². The van der Waals surface area contributed by atoms with Crippen LogP contribution in [-0.2, 0) is 40.6 Å². The van der Waals surface area contributed by atoms with Gasteiger partial charge in [0.25, 0.3) is 0 Å². The number of allylic oxidation sites excluding steroid dienone is 2. The minimum atomic E-state index is -1.74. The Morgan fingerprint density at radius 1 is 1.12 bits per heavy atom. The van der Waals surface area contributed by atoms with Crippen molar-refractivity contribution in [2.75, 3.05) is 39.5 Å². The Hall–Kier alpha value is -4.95. The van der Waals surface area contributed by atoms with Crippen LogP contribution < -0.4 is 0 Å². The van der Waals surface area contributed by atoms with Crippen molar-refractivity contribution in [3.05, 3.63) is 114 Å². The number of hydrogen-bond acceptors (Lipinski definition) is 12. The van der Waals surface area contributed by atoms with Crippen molar-refractivity contribution in [2.45, 2.75) is 75.1 Å². The third-order valence-corrected chi connectivity index (χ3v) is 10.6. The second-order valence-corrected chi connectivity index (χ2v) is 14.7. The highest BCUT2D eigenvalue weighted by molar-refractivity contribution is 8.00. The second-order valence-electron chi connectivity index (χ2n) is 13.1. The van der Waals surface area contributed by atoms with Gasteiger partial charge in [-0.3, -0.25) is 4.79 Å². The molecule has 0 N–H and O–H groups in total. The van der Waals surface area contributed by atoms with Crippen LogP contribution >= 0.6 is 11.8 Å². The molecule has 1 aliphatic heterocycles. The predicted octanol–water partition coefficient (Wildman–Crippen LogP) is 7.36. The summed E-state index contributed by atoms with van der Waals surface area (Å²) in [6, 6.07) is 9.18. The molecule has 3 aromatic rings. The largest absolute Gasteiger partial charge is 0.508 e. The second kappa shape index (κ2) is 22.7. The fourth-order valence-corrected chi connectivity index (χ4v) is 7.45. The Labute approximate surface area is 335 Å². The lowest BCUT2D eigenvalue weighted by Crippen LogP contribution is -2.47. The number of carbonyl (C=O) groups excluding carboxylic acids is 2. The van der Waals surface area contributed by atoms with Gasteiger partial charge in [0.15, 0.2) is 11.9 Å². The lowest BCUT2D eigenvalue weighted by molar-refractivity contribution is -0.164. The maximum Gasteiger partial charge on any atom is 0.508 e. The van der Waals surface area contributed by atoms with Gasteiger partial charge in [-0.05, 0) is 63.2 Å². The summed E-state index contributed by atoms with van der Waals surface area (Å²) in [4.78, 5) is 32.4. The van der Waals surface area contributed by atoms with Gasteiger partial charge in [0.05, 0.1) is 36.6 Å². The van der Waals surface area contributed by atoms with Gasteiger partial charge >= 0.3 is 12.1 Å². The molecular weight excluding hydrogens is 764 g/mol. The molecule has 3 atom stereocenters. The molecule has 1 saturated heterocycles. The van der Waals surface area contributed by atoms with Crippen LogP contribution in [0.2, 0.25) is 0 Å². The molecule has 0 radical (unpaired) electrons. The Kier molecular flexibility index (Phi) is 17.8. The zero-order chi connectivity index (χ0) is 41.2. The summed E-state index contributed by atoms with van der Waals surface area (Å²) in [5, 5.41) is 12.2. The smallest absolute Gasteiger partial charge is 0.451 e. The van der Waals surface area contributed by atoms with E-state index in [1.807, 2.05) is 19.9 Å². The number of ether oxygens (including phenoxy) is 5. The highest BCUT2D eigenvalue weighted by Crippen LogP contribution is 2.42. The molecule has 0 amide bonds. The highest BCUT2D eigenvalue weighted by Gasteiger charge is 2.46. The van der Waals surface area contributed by atoms with Crippen LogP contribution in [-0.4, -0.2) is 94.1 Å². The lowest BCUT2D eigenvalue weighted by atomic mass is 9.89. The Bertz CT molecular complexity index is 1860. The molecule has 16 heteroatoms. The average molecular weight is 812 g/mol. The van der Waals surface area contributed by atoms with Crippen molar-refractivity contribution >= 4 is 30.0 Å². The lowest BCUT2D eigenvalue weighted by Gasteiger charge is -2.40. The molecule has 0 spiro atoms. The van der Waals surface area contributed by atoms with E-state index in [1.165, 1.54) is 53.4 Å². The molecule has 1 aliphatic rings. The number of esters is 1. The zero-order valence-electron chi connectivity index (χ0n) is 32.2. The monoisotopic (exact) mass is 811 g/mol. The minimum Gasteiger partial charge on any atom is -0.451 e. The first-order valence-electron chi connectivity index (χ1n) is 18.6. The van der Waals surface area contributed by atoms with Gasteiger partial charge in [0.1, 0.15) is 42.8 Å². The minimum absolute atomic E-state index is 0.0394. The standard InChI is InChI=1S/C41H48F3N5O7S/c1-5-20-52-40(51)55-33(18-19-48(6-2)7-3)15-17-38(50)56-41(26-49-28-46-27-47-49,35-16-14-32(42)22-37(35)44)29(4)57-34-24-53-39(54-25-34)11-9-8-10-31-13-12-30(23-45)21-36(31)43/h5,8-14,16,21-22,27-29,33-34,39H,1,6-7,15,17-20,24-26H2,2-4H3/b10-8+,11-9+/t29-,33?,34?,39?,41-/m1/s1. The summed E-state index contributed by atoms with van der Waals surface area (Å²) in [5.41, 5.74) is -1.27. The summed E-state index contributed by atoms with van der Waals surface area (Å²) in [7, 11) is 0. The Morgan fingerprint density at radius 3 is 2.54 bits per heavy atom. The van der Waals surface area contributed by atoms with Gasteiger partial charge in [0.2, 0.25) is 0 Å². The van der Waals surface area contributed by atoms with E-state index in [4.69, 9.17) is 28.9 Å². The van der Waals surface area contributed by atoms with E-state index in [0.29, 0.717) is 18.5 Å². The molecule has 1 fully saturated rings. The first-order valence-corrected chi connectivity index (χ1v) is 19.5.